The molecule has 4 unspecified atom stereocenters. The lowest BCUT2D eigenvalue weighted by Crippen LogP contribution is -2.44. The molecule has 3 heteroatoms. The monoisotopic (exact) mass is 288 g/mol. The van der Waals surface area contributed by atoms with Gasteiger partial charge in [-0.2, -0.15) is 11.8 Å². The molecule has 1 aromatic rings. The van der Waals surface area contributed by atoms with Crippen molar-refractivity contribution in [1.29, 1.82) is 0 Å². The van der Waals surface area contributed by atoms with Crippen LogP contribution in [0.15, 0.2) is 30.0 Å². The third kappa shape index (κ3) is 1.95. The largest absolute Gasteiger partial charge is 0.498 e. The molecule has 3 heterocycles. The molecule has 4 atom stereocenters. The summed E-state index contributed by atoms with van der Waals surface area (Å²) in [6.07, 6.45) is 2.31. The Morgan fingerprint density at radius 2 is 1.95 bits per heavy atom. The van der Waals surface area contributed by atoms with Crippen LogP contribution in [0.25, 0.3) is 0 Å². The summed E-state index contributed by atoms with van der Waals surface area (Å²) < 4.78 is 11.8. The summed E-state index contributed by atoms with van der Waals surface area (Å²) in [6, 6.07) is 6.60. The summed E-state index contributed by atoms with van der Waals surface area (Å²) in [5.41, 5.74) is 2.74. The average Bonchev–Trinajstić information content (AvgIpc) is 2.46. The van der Waals surface area contributed by atoms with Crippen LogP contribution in [-0.4, -0.2) is 24.2 Å². The van der Waals surface area contributed by atoms with Crippen LogP contribution in [0, 0.1) is 18.8 Å². The van der Waals surface area contributed by atoms with Gasteiger partial charge >= 0.3 is 0 Å². The highest BCUT2D eigenvalue weighted by molar-refractivity contribution is 8.00. The molecule has 4 rings (SSSR count). The smallest absolute Gasteiger partial charge is 0.122 e. The van der Waals surface area contributed by atoms with Crippen molar-refractivity contribution >= 4 is 11.8 Å². The second kappa shape index (κ2) is 4.73. The highest BCUT2D eigenvalue weighted by atomic mass is 32.2. The lowest BCUT2D eigenvalue weighted by atomic mass is 9.75. The van der Waals surface area contributed by atoms with E-state index in [0.29, 0.717) is 23.0 Å². The standard InChI is InChI=1S/C17H20O2S/c1-10-3-4-16-12(5-10)15-9-20-17-6-11(2)18-8-14(17)13(15)7-19-16/h3-6,13-15,17H,7-9H2,1-2H3. The maximum atomic E-state index is 6.04. The lowest BCUT2D eigenvalue weighted by molar-refractivity contribution is 0.0692. The SMILES string of the molecule is CC1=CC2SCC3c4cc(C)ccc4OCC3C2CO1. The molecule has 0 amide bonds. The van der Waals surface area contributed by atoms with Crippen molar-refractivity contribution in [2.24, 2.45) is 11.8 Å². The molecule has 0 aromatic heterocycles. The van der Waals surface area contributed by atoms with E-state index < -0.39 is 0 Å². The molecule has 20 heavy (non-hydrogen) atoms. The van der Waals surface area contributed by atoms with E-state index in [4.69, 9.17) is 9.47 Å². The van der Waals surface area contributed by atoms with Crippen molar-refractivity contribution in [2.45, 2.75) is 25.0 Å². The Bertz CT molecular complexity index is 566. The van der Waals surface area contributed by atoms with E-state index in [0.717, 1.165) is 24.7 Å². The van der Waals surface area contributed by atoms with Gasteiger partial charge in [0, 0.05) is 28.8 Å². The fourth-order valence-electron chi connectivity index (χ4n) is 3.74. The van der Waals surface area contributed by atoms with Crippen LogP contribution in [0.1, 0.15) is 24.0 Å². The Kier molecular flexibility index (Phi) is 2.99. The number of aryl methyl sites for hydroxylation is 1. The van der Waals surface area contributed by atoms with E-state index in [9.17, 15) is 0 Å². The molecule has 0 saturated carbocycles. The van der Waals surface area contributed by atoms with Crippen LogP contribution in [0.5, 0.6) is 5.75 Å². The van der Waals surface area contributed by atoms with Gasteiger partial charge in [0.25, 0.3) is 0 Å². The summed E-state index contributed by atoms with van der Waals surface area (Å²) in [4.78, 5) is 0. The minimum absolute atomic E-state index is 0.594. The van der Waals surface area contributed by atoms with Gasteiger partial charge in [0.15, 0.2) is 0 Å². The molecule has 3 aliphatic rings. The number of hydrogen-bond donors (Lipinski definition) is 0. The predicted octanol–water partition coefficient (Wildman–Crippen LogP) is 3.75. The van der Waals surface area contributed by atoms with Gasteiger partial charge in [-0.15, -0.1) is 0 Å². The minimum atomic E-state index is 0.594. The summed E-state index contributed by atoms with van der Waals surface area (Å²) in [5, 5.41) is 0.611. The number of fused-ring (bicyclic) bond motifs is 5. The fraction of sp³-hybridized carbons (Fsp3) is 0.529. The van der Waals surface area contributed by atoms with E-state index >= 15 is 0 Å². The normalized spacial score (nSPS) is 34.8. The molecular formula is C17H20O2S. The van der Waals surface area contributed by atoms with Gasteiger partial charge < -0.3 is 9.47 Å². The van der Waals surface area contributed by atoms with Crippen molar-refractivity contribution in [1.82, 2.24) is 0 Å². The zero-order valence-electron chi connectivity index (χ0n) is 12.0. The van der Waals surface area contributed by atoms with E-state index in [1.807, 2.05) is 0 Å². The Balaban J connectivity index is 1.69. The highest BCUT2D eigenvalue weighted by Gasteiger charge is 2.44. The van der Waals surface area contributed by atoms with E-state index in [-0.39, 0.29) is 0 Å². The molecule has 0 radical (unpaired) electrons. The number of thioether (sulfide) groups is 1. The molecule has 0 spiro atoms. The zero-order valence-corrected chi connectivity index (χ0v) is 12.8. The topological polar surface area (TPSA) is 18.5 Å². The van der Waals surface area contributed by atoms with Crippen molar-refractivity contribution in [3.8, 4) is 5.75 Å². The van der Waals surface area contributed by atoms with Crippen molar-refractivity contribution in [3.05, 3.63) is 41.2 Å². The Morgan fingerprint density at radius 1 is 1.10 bits per heavy atom. The molecule has 1 fully saturated rings. The first-order chi connectivity index (χ1) is 9.72. The number of rotatable bonds is 0. The fourth-order valence-corrected chi connectivity index (χ4v) is 5.41. The van der Waals surface area contributed by atoms with Crippen LogP contribution in [0.3, 0.4) is 0 Å². The van der Waals surface area contributed by atoms with E-state index in [2.05, 4.69) is 49.9 Å². The second-order valence-electron chi connectivity index (χ2n) is 6.17. The van der Waals surface area contributed by atoms with Gasteiger partial charge in [0.1, 0.15) is 5.75 Å². The number of ether oxygens (including phenoxy) is 2. The molecular weight excluding hydrogens is 268 g/mol. The van der Waals surface area contributed by atoms with Gasteiger partial charge in [-0.3, -0.25) is 0 Å². The Labute approximate surface area is 124 Å². The quantitative estimate of drug-likeness (QED) is 0.724. The van der Waals surface area contributed by atoms with E-state index in [1.54, 1.807) is 0 Å². The molecule has 2 nitrogen and oxygen atoms in total. The van der Waals surface area contributed by atoms with Gasteiger partial charge in [-0.25, -0.2) is 0 Å². The number of benzene rings is 1. The summed E-state index contributed by atoms with van der Waals surface area (Å²) >= 11 is 2.09. The summed E-state index contributed by atoms with van der Waals surface area (Å²) in [7, 11) is 0. The third-order valence-corrected chi connectivity index (χ3v) is 6.28. The maximum absolute atomic E-state index is 6.04. The van der Waals surface area contributed by atoms with E-state index in [1.165, 1.54) is 16.9 Å². The average molecular weight is 288 g/mol. The Hall–Kier alpha value is -1.09. The Morgan fingerprint density at radius 3 is 2.85 bits per heavy atom. The first-order valence-electron chi connectivity index (χ1n) is 7.38. The summed E-state index contributed by atoms with van der Waals surface area (Å²) in [6.45, 7) is 5.93. The van der Waals surface area contributed by atoms with Crippen LogP contribution in [0.4, 0.5) is 0 Å². The van der Waals surface area contributed by atoms with Crippen molar-refractivity contribution in [3.63, 3.8) is 0 Å². The van der Waals surface area contributed by atoms with Crippen LogP contribution in [-0.2, 0) is 4.74 Å². The van der Waals surface area contributed by atoms with Gasteiger partial charge in [0.2, 0.25) is 0 Å². The predicted molar refractivity (Wildman–Crippen MR) is 82.4 cm³/mol. The molecule has 1 saturated heterocycles. The molecule has 0 aliphatic carbocycles. The molecule has 1 aromatic carbocycles. The molecule has 3 aliphatic heterocycles. The van der Waals surface area contributed by atoms with Crippen LogP contribution in [0.2, 0.25) is 0 Å². The van der Waals surface area contributed by atoms with Crippen LogP contribution >= 0.6 is 11.8 Å². The van der Waals surface area contributed by atoms with Crippen LogP contribution < -0.4 is 4.74 Å². The molecule has 0 N–H and O–H groups in total. The lowest BCUT2D eigenvalue weighted by Gasteiger charge is -2.46. The minimum Gasteiger partial charge on any atom is -0.498 e. The first-order valence-corrected chi connectivity index (χ1v) is 8.43. The van der Waals surface area contributed by atoms with Crippen molar-refractivity contribution in [2.75, 3.05) is 19.0 Å². The van der Waals surface area contributed by atoms with Crippen molar-refractivity contribution < 1.29 is 9.47 Å². The highest BCUT2D eigenvalue weighted by Crippen LogP contribution is 2.50. The zero-order chi connectivity index (χ0) is 13.7. The molecule has 0 bridgehead atoms. The number of allylic oxidation sites excluding steroid dienone is 1. The number of hydrogen-bond acceptors (Lipinski definition) is 3. The van der Waals surface area contributed by atoms with Gasteiger partial charge in [-0.1, -0.05) is 17.7 Å². The second-order valence-corrected chi connectivity index (χ2v) is 7.38. The van der Waals surface area contributed by atoms with Gasteiger partial charge in [-0.05, 0) is 31.6 Å². The third-order valence-electron chi connectivity index (χ3n) is 4.86. The van der Waals surface area contributed by atoms with Gasteiger partial charge in [0.05, 0.1) is 19.0 Å². The first kappa shape index (κ1) is 12.6. The maximum Gasteiger partial charge on any atom is 0.122 e. The summed E-state index contributed by atoms with van der Waals surface area (Å²) in [5.74, 6) is 5.20. The molecule has 106 valence electrons.